The van der Waals surface area contributed by atoms with Crippen molar-refractivity contribution in [2.45, 2.75) is 6.54 Å². The zero-order chi connectivity index (χ0) is 15.5. The van der Waals surface area contributed by atoms with Crippen LogP contribution in [0, 0.1) is 5.82 Å². The molecule has 0 fully saturated rings. The Labute approximate surface area is 135 Å². The highest BCUT2D eigenvalue weighted by atomic mass is 79.9. The molecule has 5 heteroatoms. The second-order valence-electron chi connectivity index (χ2n) is 4.85. The van der Waals surface area contributed by atoms with Crippen molar-refractivity contribution >= 4 is 15.9 Å². The summed E-state index contributed by atoms with van der Waals surface area (Å²) < 4.78 is 15.3. The zero-order valence-electron chi connectivity index (χ0n) is 11.5. The van der Waals surface area contributed by atoms with Crippen LogP contribution >= 0.6 is 15.9 Å². The van der Waals surface area contributed by atoms with E-state index in [0.29, 0.717) is 12.2 Å². The Morgan fingerprint density at radius 1 is 1.05 bits per heavy atom. The van der Waals surface area contributed by atoms with E-state index in [1.165, 1.54) is 22.9 Å². The third-order valence-corrected chi connectivity index (χ3v) is 3.73. The summed E-state index contributed by atoms with van der Waals surface area (Å²) in [7, 11) is 0. The summed E-state index contributed by atoms with van der Waals surface area (Å²) in [5, 5.41) is 4.39. The van der Waals surface area contributed by atoms with Crippen molar-refractivity contribution in [2.24, 2.45) is 0 Å². The third kappa shape index (κ3) is 3.31. The predicted octanol–water partition coefficient (Wildman–Crippen LogP) is 3.86. The molecule has 0 bridgehead atoms. The lowest BCUT2D eigenvalue weighted by Crippen LogP contribution is -2.22. The van der Waals surface area contributed by atoms with Gasteiger partial charge in [0.2, 0.25) is 0 Å². The van der Waals surface area contributed by atoms with Crippen molar-refractivity contribution in [3.8, 4) is 11.3 Å². The Balaban J connectivity index is 1.96. The lowest BCUT2D eigenvalue weighted by Gasteiger charge is -2.07. The maximum absolute atomic E-state index is 12.9. The van der Waals surface area contributed by atoms with Crippen LogP contribution in [0.1, 0.15) is 5.56 Å². The van der Waals surface area contributed by atoms with Crippen LogP contribution in [-0.2, 0) is 6.54 Å². The Bertz CT molecular complexity index is 859. The molecule has 0 atom stereocenters. The largest absolute Gasteiger partial charge is 0.268 e. The second kappa shape index (κ2) is 6.23. The van der Waals surface area contributed by atoms with Crippen LogP contribution < -0.4 is 5.56 Å². The highest BCUT2D eigenvalue weighted by Crippen LogP contribution is 2.20. The molecule has 0 spiro atoms. The van der Waals surface area contributed by atoms with Crippen LogP contribution in [0.15, 0.2) is 69.9 Å². The van der Waals surface area contributed by atoms with Crippen LogP contribution in [0.4, 0.5) is 4.39 Å². The van der Waals surface area contributed by atoms with Crippen molar-refractivity contribution in [3.63, 3.8) is 0 Å². The molecule has 0 radical (unpaired) electrons. The number of aromatic nitrogens is 2. The van der Waals surface area contributed by atoms with E-state index in [2.05, 4.69) is 21.0 Å². The molecule has 2 aromatic carbocycles. The molecule has 0 N–H and O–H groups in total. The normalized spacial score (nSPS) is 10.6. The van der Waals surface area contributed by atoms with Crippen molar-refractivity contribution in [1.82, 2.24) is 9.78 Å². The molecular formula is C17H12BrFN2O. The first kappa shape index (κ1) is 14.7. The SMILES string of the molecule is O=c1ccc(-c2cccc(Br)c2)nn1Cc1ccc(F)cc1. The molecule has 0 amide bonds. The molecule has 3 rings (SSSR count). The van der Waals surface area contributed by atoms with Crippen LogP contribution in [0.2, 0.25) is 0 Å². The lowest BCUT2D eigenvalue weighted by molar-refractivity contribution is 0.620. The van der Waals surface area contributed by atoms with Crippen LogP contribution in [0.3, 0.4) is 0 Å². The molecule has 0 saturated carbocycles. The summed E-state index contributed by atoms with van der Waals surface area (Å²) in [4.78, 5) is 12.0. The Morgan fingerprint density at radius 2 is 1.82 bits per heavy atom. The first-order valence-electron chi connectivity index (χ1n) is 6.70. The summed E-state index contributed by atoms with van der Waals surface area (Å²) in [6.07, 6.45) is 0. The van der Waals surface area contributed by atoms with E-state index < -0.39 is 0 Å². The van der Waals surface area contributed by atoms with Crippen LogP contribution in [-0.4, -0.2) is 9.78 Å². The lowest BCUT2D eigenvalue weighted by atomic mass is 10.1. The van der Waals surface area contributed by atoms with Gasteiger partial charge in [-0.05, 0) is 35.9 Å². The molecule has 1 aromatic heterocycles. The molecule has 110 valence electrons. The summed E-state index contributed by atoms with van der Waals surface area (Å²) in [5.41, 5.74) is 2.26. The minimum atomic E-state index is -0.299. The van der Waals surface area contributed by atoms with Gasteiger partial charge in [-0.2, -0.15) is 5.10 Å². The van der Waals surface area contributed by atoms with Crippen LogP contribution in [0.5, 0.6) is 0 Å². The number of rotatable bonds is 3. The number of nitrogens with zero attached hydrogens (tertiary/aromatic N) is 2. The van der Waals surface area contributed by atoms with Gasteiger partial charge in [0.25, 0.3) is 5.56 Å². The highest BCUT2D eigenvalue weighted by Gasteiger charge is 2.05. The Kier molecular flexibility index (Phi) is 4.15. The molecule has 3 aromatic rings. The monoisotopic (exact) mass is 358 g/mol. The van der Waals surface area contributed by atoms with Gasteiger partial charge in [0.1, 0.15) is 5.82 Å². The predicted molar refractivity (Wildman–Crippen MR) is 87.1 cm³/mol. The van der Waals surface area contributed by atoms with Gasteiger partial charge in [0.05, 0.1) is 12.2 Å². The fourth-order valence-corrected chi connectivity index (χ4v) is 2.53. The van der Waals surface area contributed by atoms with Gasteiger partial charge in [-0.15, -0.1) is 0 Å². The minimum absolute atomic E-state index is 0.192. The topological polar surface area (TPSA) is 34.9 Å². The fourth-order valence-electron chi connectivity index (χ4n) is 2.13. The molecule has 1 heterocycles. The second-order valence-corrected chi connectivity index (χ2v) is 5.77. The fraction of sp³-hybridized carbons (Fsp3) is 0.0588. The number of halogens is 2. The van der Waals surface area contributed by atoms with Crippen molar-refractivity contribution in [2.75, 3.05) is 0 Å². The van der Waals surface area contributed by atoms with E-state index in [1.54, 1.807) is 18.2 Å². The minimum Gasteiger partial charge on any atom is -0.268 e. The van der Waals surface area contributed by atoms with Gasteiger partial charge in [0.15, 0.2) is 0 Å². The van der Waals surface area contributed by atoms with Crippen molar-refractivity contribution in [1.29, 1.82) is 0 Å². The van der Waals surface area contributed by atoms with E-state index in [9.17, 15) is 9.18 Å². The van der Waals surface area contributed by atoms with Gasteiger partial charge >= 0.3 is 0 Å². The average molecular weight is 359 g/mol. The summed E-state index contributed by atoms with van der Waals surface area (Å²) >= 11 is 3.42. The molecule has 3 nitrogen and oxygen atoms in total. The number of hydrogen-bond acceptors (Lipinski definition) is 2. The smallest absolute Gasteiger partial charge is 0.267 e. The van der Waals surface area contributed by atoms with Crippen molar-refractivity contribution < 1.29 is 4.39 Å². The summed E-state index contributed by atoms with van der Waals surface area (Å²) in [5.74, 6) is -0.299. The van der Waals surface area contributed by atoms with Gasteiger partial charge in [0, 0.05) is 16.1 Å². The summed E-state index contributed by atoms with van der Waals surface area (Å²) in [6.45, 7) is 0.307. The molecule has 0 saturated heterocycles. The average Bonchev–Trinajstić information content (AvgIpc) is 2.52. The van der Waals surface area contributed by atoms with Crippen LogP contribution in [0.25, 0.3) is 11.3 Å². The maximum Gasteiger partial charge on any atom is 0.267 e. The van der Waals surface area contributed by atoms with E-state index in [-0.39, 0.29) is 11.4 Å². The van der Waals surface area contributed by atoms with Gasteiger partial charge in [-0.3, -0.25) is 4.79 Å². The van der Waals surface area contributed by atoms with E-state index >= 15 is 0 Å². The maximum atomic E-state index is 12.9. The highest BCUT2D eigenvalue weighted by molar-refractivity contribution is 9.10. The van der Waals surface area contributed by atoms with Gasteiger partial charge in [-0.1, -0.05) is 40.2 Å². The van der Waals surface area contributed by atoms with Gasteiger partial charge < -0.3 is 0 Å². The van der Waals surface area contributed by atoms with Gasteiger partial charge in [-0.25, -0.2) is 9.07 Å². The molecule has 0 aliphatic rings. The first-order valence-corrected chi connectivity index (χ1v) is 7.50. The first-order chi connectivity index (χ1) is 10.6. The standard InChI is InChI=1S/C17H12BrFN2O/c18-14-3-1-2-13(10-14)16-8-9-17(22)21(20-16)11-12-4-6-15(19)7-5-12/h1-10H,11H2. The Morgan fingerprint density at radius 3 is 2.55 bits per heavy atom. The molecule has 22 heavy (non-hydrogen) atoms. The molecule has 0 aliphatic heterocycles. The molecule has 0 unspecified atom stereocenters. The van der Waals surface area contributed by atoms with E-state index in [1.807, 2.05) is 24.3 Å². The van der Waals surface area contributed by atoms with Crippen molar-refractivity contribution in [3.05, 3.63) is 86.9 Å². The third-order valence-electron chi connectivity index (χ3n) is 3.23. The summed E-state index contributed by atoms with van der Waals surface area (Å²) in [6, 6.07) is 16.9. The number of hydrogen-bond donors (Lipinski definition) is 0. The van der Waals surface area contributed by atoms with E-state index in [4.69, 9.17) is 0 Å². The number of benzene rings is 2. The zero-order valence-corrected chi connectivity index (χ0v) is 13.1. The Hall–Kier alpha value is -2.27. The molecular weight excluding hydrogens is 347 g/mol. The van der Waals surface area contributed by atoms with E-state index in [0.717, 1.165) is 15.6 Å². The quantitative estimate of drug-likeness (QED) is 0.712. The molecule has 0 aliphatic carbocycles.